The van der Waals surface area contributed by atoms with E-state index in [1.807, 2.05) is 49.4 Å². The van der Waals surface area contributed by atoms with Crippen LogP contribution in [0.25, 0.3) is 0 Å². The van der Waals surface area contributed by atoms with Gasteiger partial charge in [0.05, 0.1) is 23.0 Å². The summed E-state index contributed by atoms with van der Waals surface area (Å²) in [6.07, 6.45) is -0.471. The molecule has 0 atom stereocenters. The van der Waals surface area contributed by atoms with E-state index in [9.17, 15) is 4.79 Å². The number of anilines is 2. The van der Waals surface area contributed by atoms with Crippen LogP contribution in [0.1, 0.15) is 6.92 Å². The van der Waals surface area contributed by atoms with Gasteiger partial charge in [-0.3, -0.25) is 10.2 Å². The van der Waals surface area contributed by atoms with Crippen LogP contribution in [0, 0.1) is 0 Å². The van der Waals surface area contributed by atoms with Crippen molar-refractivity contribution in [2.24, 2.45) is 0 Å². The number of hydrogen-bond acceptors (Lipinski definition) is 5. The van der Waals surface area contributed by atoms with E-state index in [1.165, 1.54) is 0 Å². The van der Waals surface area contributed by atoms with Crippen molar-refractivity contribution < 1.29 is 14.3 Å². The summed E-state index contributed by atoms with van der Waals surface area (Å²) in [6, 6.07) is 15.2. The molecule has 0 spiro atoms. The van der Waals surface area contributed by atoms with Crippen LogP contribution in [-0.2, 0) is 4.74 Å². The highest BCUT2D eigenvalue weighted by molar-refractivity contribution is 6.33. The summed E-state index contributed by atoms with van der Waals surface area (Å²) in [7, 11) is 0. The monoisotopic (exact) mass is 403 g/mol. The number of nitrogens with zero attached hydrogens (tertiary/aromatic N) is 2. The number of ether oxygens (including phenoxy) is 2. The molecule has 0 saturated carbocycles. The molecule has 1 aliphatic heterocycles. The molecule has 0 aromatic heterocycles. The van der Waals surface area contributed by atoms with E-state index < -0.39 is 6.09 Å². The molecule has 0 unspecified atom stereocenters. The Morgan fingerprint density at radius 3 is 2.54 bits per heavy atom. The fourth-order valence-electron chi connectivity index (χ4n) is 3.19. The Balaban J connectivity index is 1.39. The van der Waals surface area contributed by atoms with E-state index in [4.69, 9.17) is 21.1 Å². The number of rotatable bonds is 7. The van der Waals surface area contributed by atoms with Gasteiger partial charge in [0.25, 0.3) is 0 Å². The van der Waals surface area contributed by atoms with Gasteiger partial charge in [0.15, 0.2) is 0 Å². The predicted molar refractivity (Wildman–Crippen MR) is 113 cm³/mol. The second-order valence-electron chi connectivity index (χ2n) is 6.47. The van der Waals surface area contributed by atoms with Crippen molar-refractivity contribution in [1.82, 2.24) is 4.90 Å². The highest BCUT2D eigenvalue weighted by atomic mass is 35.5. The second kappa shape index (κ2) is 10.2. The Hall–Kier alpha value is -2.44. The minimum Gasteiger partial charge on any atom is -0.492 e. The van der Waals surface area contributed by atoms with Gasteiger partial charge in [-0.25, -0.2) is 4.79 Å². The standard InChI is InChI=1S/C21H26ClN3O3/c1-2-27-20-10-6-4-8-18(20)23-21(26)28-16-15-24-11-13-25(14-12-24)19-9-5-3-7-17(19)22/h3-10H,2,11-16H2,1H3,(H,23,26). The van der Waals surface area contributed by atoms with Crippen molar-refractivity contribution in [3.05, 3.63) is 53.6 Å². The van der Waals surface area contributed by atoms with Crippen LogP contribution in [0.5, 0.6) is 5.75 Å². The molecule has 7 heteroatoms. The number of piperazine rings is 1. The molecule has 1 saturated heterocycles. The molecule has 2 aromatic carbocycles. The Morgan fingerprint density at radius 2 is 1.79 bits per heavy atom. The lowest BCUT2D eigenvalue weighted by Gasteiger charge is -2.36. The first-order chi connectivity index (χ1) is 13.7. The van der Waals surface area contributed by atoms with Gasteiger partial charge in [0.1, 0.15) is 12.4 Å². The highest BCUT2D eigenvalue weighted by Gasteiger charge is 2.19. The summed E-state index contributed by atoms with van der Waals surface area (Å²) < 4.78 is 10.8. The van der Waals surface area contributed by atoms with Crippen LogP contribution in [0.2, 0.25) is 5.02 Å². The van der Waals surface area contributed by atoms with Crippen molar-refractivity contribution in [2.45, 2.75) is 6.92 Å². The molecule has 3 rings (SSSR count). The van der Waals surface area contributed by atoms with Crippen LogP contribution in [0.4, 0.5) is 16.2 Å². The van der Waals surface area contributed by atoms with Crippen molar-refractivity contribution in [3.63, 3.8) is 0 Å². The average Bonchev–Trinajstić information content (AvgIpc) is 2.71. The molecule has 1 amide bonds. The predicted octanol–water partition coefficient (Wildman–Crippen LogP) is 4.11. The zero-order chi connectivity index (χ0) is 19.8. The van der Waals surface area contributed by atoms with Crippen molar-refractivity contribution in [2.75, 3.05) is 56.2 Å². The van der Waals surface area contributed by atoms with Crippen molar-refractivity contribution in [3.8, 4) is 5.75 Å². The minimum atomic E-state index is -0.471. The molecular formula is C21H26ClN3O3. The zero-order valence-corrected chi connectivity index (χ0v) is 16.8. The molecule has 1 fully saturated rings. The van der Waals surface area contributed by atoms with Gasteiger partial charge in [-0.2, -0.15) is 0 Å². The van der Waals surface area contributed by atoms with Gasteiger partial charge in [-0.1, -0.05) is 35.9 Å². The second-order valence-corrected chi connectivity index (χ2v) is 6.88. The Labute approximate surface area is 171 Å². The minimum absolute atomic E-state index is 0.342. The maximum Gasteiger partial charge on any atom is 0.411 e. The topological polar surface area (TPSA) is 54.0 Å². The van der Waals surface area contributed by atoms with Crippen LogP contribution in [0.15, 0.2) is 48.5 Å². The van der Waals surface area contributed by atoms with E-state index in [1.54, 1.807) is 6.07 Å². The van der Waals surface area contributed by atoms with Crippen LogP contribution in [0.3, 0.4) is 0 Å². The van der Waals surface area contributed by atoms with Gasteiger partial charge >= 0.3 is 6.09 Å². The van der Waals surface area contributed by atoms with Crippen LogP contribution >= 0.6 is 11.6 Å². The van der Waals surface area contributed by atoms with Gasteiger partial charge in [-0.05, 0) is 31.2 Å². The molecule has 2 aromatic rings. The number of nitrogens with one attached hydrogen (secondary N) is 1. The molecule has 6 nitrogen and oxygen atoms in total. The lowest BCUT2D eigenvalue weighted by atomic mass is 10.2. The van der Waals surface area contributed by atoms with E-state index in [-0.39, 0.29) is 0 Å². The molecule has 0 radical (unpaired) electrons. The van der Waals surface area contributed by atoms with E-state index in [0.717, 1.165) is 36.9 Å². The summed E-state index contributed by atoms with van der Waals surface area (Å²) in [5, 5.41) is 3.52. The normalized spacial score (nSPS) is 14.6. The smallest absolute Gasteiger partial charge is 0.411 e. The summed E-state index contributed by atoms with van der Waals surface area (Å²) in [4.78, 5) is 16.6. The van der Waals surface area contributed by atoms with Gasteiger partial charge < -0.3 is 14.4 Å². The maximum absolute atomic E-state index is 12.1. The fraction of sp³-hybridized carbons (Fsp3) is 0.381. The highest BCUT2D eigenvalue weighted by Crippen LogP contribution is 2.26. The molecule has 1 N–H and O–H groups in total. The van der Waals surface area contributed by atoms with E-state index in [2.05, 4.69) is 15.1 Å². The SMILES string of the molecule is CCOc1ccccc1NC(=O)OCCN1CCN(c2ccccc2Cl)CC1. The van der Waals surface area contributed by atoms with Gasteiger partial charge in [-0.15, -0.1) is 0 Å². The third-order valence-corrected chi connectivity index (χ3v) is 4.95. The van der Waals surface area contributed by atoms with E-state index in [0.29, 0.717) is 31.2 Å². The Bertz CT molecular complexity index is 779. The van der Waals surface area contributed by atoms with Gasteiger partial charge in [0, 0.05) is 32.7 Å². The molecular weight excluding hydrogens is 378 g/mol. The first kappa shape index (κ1) is 20.3. The Morgan fingerprint density at radius 1 is 1.07 bits per heavy atom. The molecule has 0 aliphatic carbocycles. The van der Waals surface area contributed by atoms with Crippen molar-refractivity contribution in [1.29, 1.82) is 0 Å². The average molecular weight is 404 g/mol. The van der Waals surface area contributed by atoms with Crippen LogP contribution in [-0.4, -0.2) is 56.9 Å². The number of hydrogen-bond donors (Lipinski definition) is 1. The molecule has 0 bridgehead atoms. The first-order valence-corrected chi connectivity index (χ1v) is 9.92. The summed E-state index contributed by atoms with van der Waals surface area (Å²) in [5.74, 6) is 0.637. The number of halogens is 1. The number of carbonyl (C=O) groups is 1. The summed E-state index contributed by atoms with van der Waals surface area (Å²) >= 11 is 6.28. The third kappa shape index (κ3) is 5.53. The maximum atomic E-state index is 12.1. The number of carbonyl (C=O) groups excluding carboxylic acids is 1. The number of para-hydroxylation sites is 3. The lowest BCUT2D eigenvalue weighted by Crippen LogP contribution is -2.47. The van der Waals surface area contributed by atoms with Crippen molar-refractivity contribution >= 4 is 29.1 Å². The molecule has 150 valence electrons. The zero-order valence-electron chi connectivity index (χ0n) is 16.1. The summed E-state index contributed by atoms with van der Waals surface area (Å²) in [6.45, 7) is 7.10. The summed E-state index contributed by atoms with van der Waals surface area (Å²) in [5.41, 5.74) is 1.69. The Kier molecular flexibility index (Phi) is 7.39. The lowest BCUT2D eigenvalue weighted by molar-refractivity contribution is 0.137. The number of benzene rings is 2. The molecule has 1 heterocycles. The number of amides is 1. The quantitative estimate of drug-likeness (QED) is 0.754. The van der Waals surface area contributed by atoms with Gasteiger partial charge in [0.2, 0.25) is 0 Å². The fourth-order valence-corrected chi connectivity index (χ4v) is 3.44. The largest absolute Gasteiger partial charge is 0.492 e. The molecule has 28 heavy (non-hydrogen) atoms. The van der Waals surface area contributed by atoms with E-state index >= 15 is 0 Å². The first-order valence-electron chi connectivity index (χ1n) is 9.55. The van der Waals surface area contributed by atoms with Crippen LogP contribution < -0.4 is 15.0 Å². The molecule has 1 aliphatic rings. The third-order valence-electron chi connectivity index (χ3n) is 4.63.